The van der Waals surface area contributed by atoms with Crippen LogP contribution in [0.1, 0.15) is 119 Å². The Hall–Kier alpha value is -14.0. The highest BCUT2D eigenvalue weighted by molar-refractivity contribution is 5.73. The molecule has 0 aliphatic carbocycles. The summed E-state index contributed by atoms with van der Waals surface area (Å²) in [4.78, 5) is 0. The van der Waals surface area contributed by atoms with Crippen LogP contribution in [-0.2, 0) is 59.3 Å². The zero-order valence-electron chi connectivity index (χ0n) is 64.7. The van der Waals surface area contributed by atoms with Crippen molar-refractivity contribution in [2.24, 2.45) is 0 Å². The third-order valence-corrected chi connectivity index (χ3v) is 21.6. The molecule has 119 heavy (non-hydrogen) atoms. The molecule has 3 aliphatic rings. The molecule has 0 saturated heterocycles. The van der Waals surface area contributed by atoms with E-state index in [2.05, 4.69) is 0 Å². The SMILES string of the molecule is Oc1ccc([C@H]2Oc3c(c(O)c([C@@H]4c5c(OCc6ccccc6)cc(OCc6ccccc6)cc5O[C@H](c5ccc(OCc6ccccc6)c(OCc6ccccc6)c5)[C@H]4O)c(O)c3[C@@H]3c4c(OCc5ccccc5)cc(OCc5ccccc5)cc4O[C@H](c4ccc(OCc5ccccc5)c(OCc5ccccc5)c4)[C@H]3O)C[C@H]2O)cc1O. The molecule has 0 radical (unpaired) electrons. The molecule has 3 aliphatic heterocycles. The van der Waals surface area contributed by atoms with Crippen molar-refractivity contribution in [2.75, 3.05) is 0 Å². The number of phenols is 4. The normalized spacial score (nSPS) is 17.6. The first-order valence-electron chi connectivity index (χ1n) is 39.5. The highest BCUT2D eigenvalue weighted by Crippen LogP contribution is 2.63. The van der Waals surface area contributed by atoms with Gasteiger partial charge in [0.1, 0.15) is 123 Å². The van der Waals surface area contributed by atoms with Crippen molar-refractivity contribution in [3.63, 3.8) is 0 Å². The van der Waals surface area contributed by atoms with E-state index < -0.39 is 77.9 Å². The van der Waals surface area contributed by atoms with Gasteiger partial charge in [-0.2, -0.15) is 0 Å². The van der Waals surface area contributed by atoms with Crippen LogP contribution in [-0.4, -0.2) is 54.1 Å². The standard InChI is InChI=1S/C101H86O18/c102-77-44-41-71(47-78(77)103)98-79(104)54-76-94(105)92(90-88-84(115-61-69-37-21-7-22-38-69)50-74(109-55-63-25-9-1-10-26-63)52-86(88)117-99(96(90)107)72-42-45-80(111-57-65-29-13-3-14-30-65)82(48-72)113-59-67-33-17-5-18-34-67)95(106)93(101(76)119-98)91-89-85(116-62-70-39-23-8-24-40-70)51-75(110-56-64-27-11-2-12-28-64)53-87(89)118-100(97(91)108)73-43-46-81(112-58-66-31-15-4-16-32-66)83(49-73)114-60-68-35-19-6-20-36-68/h1-53,79,90-91,96-100,102-108H,54-62H2/t79-,90+,91+,96+,97+,98-,99-,100-/m1/s1. The molecule has 18 nitrogen and oxygen atoms in total. The molecular formula is C101H86O18. The van der Waals surface area contributed by atoms with Gasteiger partial charge in [0.15, 0.2) is 46.7 Å². The zero-order chi connectivity index (χ0) is 81.1. The van der Waals surface area contributed by atoms with E-state index >= 15 is 0 Å². The fraction of sp³-hybridized carbons (Fsp3) is 0.168. The van der Waals surface area contributed by atoms with Gasteiger partial charge in [-0.05, 0) is 97.6 Å². The van der Waals surface area contributed by atoms with Gasteiger partial charge < -0.3 is 87.9 Å². The summed E-state index contributed by atoms with van der Waals surface area (Å²) < 4.78 is 75.9. The number of fused-ring (bicyclic) bond motifs is 3. The number of benzene rings is 14. The van der Waals surface area contributed by atoms with Crippen LogP contribution in [0.25, 0.3) is 0 Å². The van der Waals surface area contributed by atoms with E-state index in [0.717, 1.165) is 44.5 Å². The van der Waals surface area contributed by atoms with Crippen molar-refractivity contribution in [2.45, 2.75) is 108 Å². The number of phenolic OH excluding ortho intramolecular Hbond substituents is 4. The second-order valence-electron chi connectivity index (χ2n) is 29.7. The van der Waals surface area contributed by atoms with Crippen LogP contribution in [0.15, 0.2) is 322 Å². The van der Waals surface area contributed by atoms with E-state index in [4.69, 9.17) is 52.1 Å². The van der Waals surface area contributed by atoms with E-state index in [0.29, 0.717) is 45.6 Å². The quantitative estimate of drug-likeness (QED) is 0.0216. The average molecular weight is 1590 g/mol. The van der Waals surface area contributed by atoms with Gasteiger partial charge in [0, 0.05) is 58.5 Å². The molecule has 7 N–H and O–H groups in total. The minimum Gasteiger partial charge on any atom is -0.507 e. The van der Waals surface area contributed by atoms with Crippen molar-refractivity contribution in [1.82, 2.24) is 0 Å². The Morgan fingerprint density at radius 2 is 0.571 bits per heavy atom. The van der Waals surface area contributed by atoms with Gasteiger partial charge in [0.2, 0.25) is 0 Å². The van der Waals surface area contributed by atoms with E-state index in [1.54, 1.807) is 60.7 Å². The summed E-state index contributed by atoms with van der Waals surface area (Å²) in [6.45, 7) is 0.792. The third-order valence-electron chi connectivity index (χ3n) is 21.6. The van der Waals surface area contributed by atoms with Gasteiger partial charge in [0.25, 0.3) is 0 Å². The van der Waals surface area contributed by atoms with Crippen LogP contribution in [0.4, 0.5) is 0 Å². The summed E-state index contributed by atoms with van der Waals surface area (Å²) >= 11 is 0. The maximum atomic E-state index is 14.8. The van der Waals surface area contributed by atoms with E-state index in [-0.39, 0.29) is 115 Å². The number of aromatic hydroxyl groups is 4. The van der Waals surface area contributed by atoms with E-state index in [9.17, 15) is 35.7 Å². The van der Waals surface area contributed by atoms with Gasteiger partial charge in [0.05, 0.1) is 17.9 Å². The minimum absolute atomic E-state index is 0.0236. The van der Waals surface area contributed by atoms with Crippen molar-refractivity contribution >= 4 is 0 Å². The van der Waals surface area contributed by atoms with Crippen LogP contribution >= 0.6 is 0 Å². The van der Waals surface area contributed by atoms with Crippen molar-refractivity contribution < 1.29 is 87.9 Å². The Kier molecular flexibility index (Phi) is 23.2. The number of hydrogen-bond donors (Lipinski definition) is 7. The molecule has 0 bridgehead atoms. The fourth-order valence-electron chi connectivity index (χ4n) is 15.6. The highest BCUT2D eigenvalue weighted by atomic mass is 16.5. The Bertz CT molecular complexity index is 5790. The number of aliphatic hydroxyl groups excluding tert-OH is 3. The summed E-state index contributed by atoms with van der Waals surface area (Å²) in [5.41, 5.74) is 7.65. The summed E-state index contributed by atoms with van der Waals surface area (Å²) in [5, 5.41) is 92.4. The van der Waals surface area contributed by atoms with Crippen LogP contribution in [0.2, 0.25) is 0 Å². The molecule has 18 heteroatoms. The maximum Gasteiger partial charge on any atom is 0.162 e. The molecule has 0 amide bonds. The average Bonchev–Trinajstić information content (AvgIpc) is 0.708. The van der Waals surface area contributed by atoms with E-state index in [1.807, 2.05) is 243 Å². The summed E-state index contributed by atoms with van der Waals surface area (Å²) in [7, 11) is 0. The molecule has 0 unspecified atom stereocenters. The summed E-state index contributed by atoms with van der Waals surface area (Å²) in [5.74, 6) is -3.05. The molecule has 0 saturated carbocycles. The topological polar surface area (TPSA) is 243 Å². The molecule has 3 heterocycles. The lowest BCUT2D eigenvalue weighted by Gasteiger charge is -2.43. The lowest BCUT2D eigenvalue weighted by molar-refractivity contribution is -0.000694. The first-order chi connectivity index (χ1) is 58.4. The van der Waals surface area contributed by atoms with Gasteiger partial charge in [-0.25, -0.2) is 0 Å². The predicted molar refractivity (Wildman–Crippen MR) is 447 cm³/mol. The highest BCUT2D eigenvalue weighted by Gasteiger charge is 2.51. The maximum absolute atomic E-state index is 14.8. The second-order valence-corrected chi connectivity index (χ2v) is 29.7. The van der Waals surface area contributed by atoms with E-state index in [1.165, 1.54) is 18.2 Å². The second kappa shape index (κ2) is 35.6. The van der Waals surface area contributed by atoms with Gasteiger partial charge in [-0.3, -0.25) is 0 Å². The van der Waals surface area contributed by atoms with Crippen molar-refractivity contribution in [1.29, 1.82) is 0 Å². The first-order valence-corrected chi connectivity index (χ1v) is 39.5. The van der Waals surface area contributed by atoms with Crippen LogP contribution in [0, 0.1) is 0 Å². The zero-order valence-corrected chi connectivity index (χ0v) is 64.7. The van der Waals surface area contributed by atoms with Crippen LogP contribution in [0.3, 0.4) is 0 Å². The number of rotatable bonds is 29. The van der Waals surface area contributed by atoms with Gasteiger partial charge >= 0.3 is 0 Å². The third kappa shape index (κ3) is 17.4. The molecule has 17 rings (SSSR count). The Morgan fingerprint density at radius 3 is 0.924 bits per heavy atom. The summed E-state index contributed by atoms with van der Waals surface area (Å²) in [6, 6.07) is 98.3. The smallest absolute Gasteiger partial charge is 0.162 e. The van der Waals surface area contributed by atoms with Gasteiger partial charge in [-0.15, -0.1) is 0 Å². The molecule has 598 valence electrons. The Labute approximate surface area is 688 Å². The minimum atomic E-state index is -1.80. The molecule has 8 atom stereocenters. The lowest BCUT2D eigenvalue weighted by Crippen LogP contribution is -2.38. The molecule has 14 aromatic rings. The van der Waals surface area contributed by atoms with Gasteiger partial charge in [-0.1, -0.05) is 261 Å². The number of aliphatic hydroxyl groups is 3. The Balaban J connectivity index is 0.900. The number of ether oxygens (including phenoxy) is 11. The Morgan fingerprint density at radius 1 is 0.261 bits per heavy atom. The first kappa shape index (κ1) is 77.5. The molecule has 0 spiro atoms. The fourth-order valence-corrected chi connectivity index (χ4v) is 15.6. The summed E-state index contributed by atoms with van der Waals surface area (Å²) in [6.07, 6.45) is -9.70. The molecular weight excluding hydrogens is 1500 g/mol. The van der Waals surface area contributed by atoms with Crippen LogP contribution < -0.4 is 52.1 Å². The lowest BCUT2D eigenvalue weighted by atomic mass is 9.73. The molecule has 0 fully saturated rings. The molecule has 0 aromatic heterocycles. The predicted octanol–water partition coefficient (Wildman–Crippen LogP) is 19.4. The molecule has 14 aromatic carbocycles. The monoisotopic (exact) mass is 1590 g/mol. The van der Waals surface area contributed by atoms with Crippen LogP contribution in [0.5, 0.6) is 86.2 Å². The van der Waals surface area contributed by atoms with Crippen molar-refractivity contribution in [3.8, 4) is 86.2 Å². The van der Waals surface area contributed by atoms with Crippen molar-refractivity contribution in [3.05, 3.63) is 411 Å². The number of hydrogen-bond acceptors (Lipinski definition) is 18. The largest absolute Gasteiger partial charge is 0.507 e.